The van der Waals surface area contributed by atoms with E-state index in [1.807, 2.05) is 6.07 Å². The molecule has 0 heterocycles. The number of nitrogens with one attached hydrogen (secondary N) is 1. The van der Waals surface area contributed by atoms with Gasteiger partial charge in [0.2, 0.25) is 0 Å². The number of para-hydroxylation sites is 1. The van der Waals surface area contributed by atoms with Crippen LogP contribution in [0.3, 0.4) is 0 Å². The fourth-order valence-corrected chi connectivity index (χ4v) is 1.63. The Kier molecular flexibility index (Phi) is 4.66. The summed E-state index contributed by atoms with van der Waals surface area (Å²) in [6.07, 6.45) is -0.956. The molecule has 4 nitrogen and oxygen atoms in total. The topological polar surface area (TPSA) is 55.4 Å². The van der Waals surface area contributed by atoms with Crippen molar-refractivity contribution in [1.29, 1.82) is 0 Å². The van der Waals surface area contributed by atoms with Gasteiger partial charge in [0.1, 0.15) is 5.82 Å². The van der Waals surface area contributed by atoms with Crippen molar-refractivity contribution >= 4 is 17.6 Å². The Labute approximate surface area is 121 Å². The van der Waals surface area contributed by atoms with Gasteiger partial charge in [0.05, 0.1) is 5.56 Å². The minimum absolute atomic E-state index is 0.191. The van der Waals surface area contributed by atoms with Gasteiger partial charge in [-0.1, -0.05) is 18.2 Å². The summed E-state index contributed by atoms with van der Waals surface area (Å²) < 4.78 is 17.8. The van der Waals surface area contributed by atoms with Gasteiger partial charge in [-0.05, 0) is 43.3 Å². The average molecular weight is 287 g/mol. The second kappa shape index (κ2) is 6.65. The van der Waals surface area contributed by atoms with Crippen LogP contribution in [0.2, 0.25) is 0 Å². The van der Waals surface area contributed by atoms with Gasteiger partial charge >= 0.3 is 5.97 Å². The first kappa shape index (κ1) is 14.7. The van der Waals surface area contributed by atoms with Gasteiger partial charge in [0, 0.05) is 5.69 Å². The summed E-state index contributed by atoms with van der Waals surface area (Å²) in [5, 5.41) is 2.63. The molecule has 0 unspecified atom stereocenters. The quantitative estimate of drug-likeness (QED) is 0.879. The van der Waals surface area contributed by atoms with Crippen molar-refractivity contribution < 1.29 is 18.7 Å². The summed E-state index contributed by atoms with van der Waals surface area (Å²) in [5.74, 6) is -1.55. The van der Waals surface area contributed by atoms with Crippen LogP contribution < -0.4 is 5.32 Å². The molecule has 0 saturated carbocycles. The largest absolute Gasteiger partial charge is 0.449 e. The molecule has 1 amide bonds. The zero-order chi connectivity index (χ0) is 15.2. The van der Waals surface area contributed by atoms with Crippen LogP contribution in [0.4, 0.5) is 10.1 Å². The number of hydrogen-bond donors (Lipinski definition) is 1. The van der Waals surface area contributed by atoms with E-state index in [0.717, 1.165) is 12.1 Å². The SMILES string of the molecule is C[C@@H](OC(=O)c1ccc(F)cc1)C(=O)Nc1ccccc1. The van der Waals surface area contributed by atoms with Crippen molar-refractivity contribution in [3.05, 3.63) is 66.0 Å². The second-order valence-corrected chi connectivity index (χ2v) is 4.41. The molecule has 0 fully saturated rings. The van der Waals surface area contributed by atoms with E-state index in [4.69, 9.17) is 4.74 Å². The summed E-state index contributed by atoms with van der Waals surface area (Å²) in [5.41, 5.74) is 0.808. The van der Waals surface area contributed by atoms with Crippen LogP contribution in [0, 0.1) is 5.82 Å². The first-order valence-corrected chi connectivity index (χ1v) is 6.39. The first-order chi connectivity index (χ1) is 10.1. The lowest BCUT2D eigenvalue weighted by Crippen LogP contribution is -2.29. The Hall–Kier alpha value is -2.69. The molecule has 1 atom stereocenters. The number of esters is 1. The van der Waals surface area contributed by atoms with Gasteiger partial charge in [-0.2, -0.15) is 0 Å². The lowest BCUT2D eigenvalue weighted by Gasteiger charge is -2.13. The Morgan fingerprint density at radius 3 is 2.29 bits per heavy atom. The Bertz CT molecular complexity index is 626. The highest BCUT2D eigenvalue weighted by molar-refractivity contribution is 5.97. The number of ether oxygens (including phenoxy) is 1. The average Bonchev–Trinajstić information content (AvgIpc) is 2.48. The number of rotatable bonds is 4. The number of hydrogen-bond acceptors (Lipinski definition) is 3. The normalized spacial score (nSPS) is 11.5. The van der Waals surface area contributed by atoms with E-state index in [0.29, 0.717) is 5.69 Å². The monoisotopic (exact) mass is 287 g/mol. The van der Waals surface area contributed by atoms with Crippen LogP contribution in [0.15, 0.2) is 54.6 Å². The number of carbonyl (C=O) groups is 2. The smallest absolute Gasteiger partial charge is 0.338 e. The maximum Gasteiger partial charge on any atom is 0.338 e. The molecular weight excluding hydrogens is 273 g/mol. The molecule has 21 heavy (non-hydrogen) atoms. The van der Waals surface area contributed by atoms with E-state index >= 15 is 0 Å². The first-order valence-electron chi connectivity index (χ1n) is 6.39. The fraction of sp³-hybridized carbons (Fsp3) is 0.125. The van der Waals surface area contributed by atoms with Crippen LogP contribution in [0.25, 0.3) is 0 Å². The zero-order valence-corrected chi connectivity index (χ0v) is 11.4. The van der Waals surface area contributed by atoms with Crippen molar-refractivity contribution in [3.8, 4) is 0 Å². The molecule has 0 spiro atoms. The minimum Gasteiger partial charge on any atom is -0.449 e. The molecule has 0 radical (unpaired) electrons. The predicted molar refractivity (Wildman–Crippen MR) is 76.3 cm³/mol. The van der Waals surface area contributed by atoms with Crippen LogP contribution in [0.5, 0.6) is 0 Å². The molecule has 2 aromatic carbocycles. The number of benzene rings is 2. The number of carbonyl (C=O) groups excluding carboxylic acids is 2. The van der Waals surface area contributed by atoms with E-state index in [9.17, 15) is 14.0 Å². The lowest BCUT2D eigenvalue weighted by atomic mass is 10.2. The molecule has 0 aliphatic heterocycles. The van der Waals surface area contributed by atoms with Gasteiger partial charge in [-0.25, -0.2) is 9.18 Å². The van der Waals surface area contributed by atoms with Gasteiger partial charge in [-0.3, -0.25) is 4.79 Å². The number of halogens is 1. The molecule has 2 aromatic rings. The summed E-state index contributed by atoms with van der Waals surface area (Å²) >= 11 is 0. The highest BCUT2D eigenvalue weighted by atomic mass is 19.1. The Morgan fingerprint density at radius 1 is 1.05 bits per heavy atom. The predicted octanol–water partition coefficient (Wildman–Crippen LogP) is 3.01. The number of amides is 1. The third-order valence-corrected chi connectivity index (χ3v) is 2.77. The lowest BCUT2D eigenvalue weighted by molar-refractivity contribution is -0.123. The second-order valence-electron chi connectivity index (χ2n) is 4.41. The summed E-state index contributed by atoms with van der Waals surface area (Å²) in [6, 6.07) is 13.8. The summed E-state index contributed by atoms with van der Waals surface area (Å²) in [7, 11) is 0. The molecule has 0 bridgehead atoms. The van der Waals surface area contributed by atoms with Crippen molar-refractivity contribution in [2.45, 2.75) is 13.0 Å². The molecular formula is C16H14FNO3. The highest BCUT2D eigenvalue weighted by Crippen LogP contribution is 2.09. The van der Waals surface area contributed by atoms with Gasteiger partial charge in [-0.15, -0.1) is 0 Å². The van der Waals surface area contributed by atoms with Crippen molar-refractivity contribution in [1.82, 2.24) is 0 Å². The van der Waals surface area contributed by atoms with Crippen LogP contribution >= 0.6 is 0 Å². The fourth-order valence-electron chi connectivity index (χ4n) is 1.63. The maximum absolute atomic E-state index is 12.8. The molecule has 0 aliphatic rings. The minimum atomic E-state index is -0.956. The summed E-state index contributed by atoms with van der Waals surface area (Å²) in [4.78, 5) is 23.7. The highest BCUT2D eigenvalue weighted by Gasteiger charge is 2.18. The van der Waals surface area contributed by atoms with E-state index < -0.39 is 23.8 Å². The van der Waals surface area contributed by atoms with Crippen molar-refractivity contribution in [3.63, 3.8) is 0 Å². The molecule has 1 N–H and O–H groups in total. The molecule has 0 saturated heterocycles. The van der Waals surface area contributed by atoms with E-state index in [1.54, 1.807) is 24.3 Å². The van der Waals surface area contributed by atoms with Gasteiger partial charge < -0.3 is 10.1 Å². The maximum atomic E-state index is 12.8. The standard InChI is InChI=1S/C16H14FNO3/c1-11(15(19)18-14-5-3-2-4-6-14)21-16(20)12-7-9-13(17)10-8-12/h2-11H,1H3,(H,18,19)/t11-/m1/s1. The van der Waals surface area contributed by atoms with Crippen LogP contribution in [-0.2, 0) is 9.53 Å². The Morgan fingerprint density at radius 2 is 1.67 bits per heavy atom. The Balaban J connectivity index is 1.94. The van der Waals surface area contributed by atoms with Gasteiger partial charge in [0.15, 0.2) is 6.10 Å². The molecule has 0 aromatic heterocycles. The molecule has 0 aliphatic carbocycles. The van der Waals surface area contributed by atoms with E-state index in [-0.39, 0.29) is 5.56 Å². The zero-order valence-electron chi connectivity index (χ0n) is 11.4. The molecule has 2 rings (SSSR count). The van der Waals surface area contributed by atoms with Gasteiger partial charge in [0.25, 0.3) is 5.91 Å². The van der Waals surface area contributed by atoms with E-state index in [2.05, 4.69) is 5.32 Å². The third-order valence-electron chi connectivity index (χ3n) is 2.77. The molecule has 5 heteroatoms. The van der Waals surface area contributed by atoms with Crippen LogP contribution in [0.1, 0.15) is 17.3 Å². The van der Waals surface area contributed by atoms with Crippen molar-refractivity contribution in [2.75, 3.05) is 5.32 Å². The third kappa shape index (κ3) is 4.14. The van der Waals surface area contributed by atoms with Crippen LogP contribution in [-0.4, -0.2) is 18.0 Å². The van der Waals surface area contributed by atoms with Crippen molar-refractivity contribution in [2.24, 2.45) is 0 Å². The number of anilines is 1. The molecule has 108 valence electrons. The summed E-state index contributed by atoms with van der Waals surface area (Å²) in [6.45, 7) is 1.47. The van der Waals surface area contributed by atoms with E-state index in [1.165, 1.54) is 19.1 Å².